The number of amides is 1. The number of ether oxygens (including phenoxy) is 4. The van der Waals surface area contributed by atoms with Crippen LogP contribution < -0.4 is 18.9 Å². The number of benzene rings is 2. The summed E-state index contributed by atoms with van der Waals surface area (Å²) in [5, 5.41) is -0.0862. The predicted octanol–water partition coefficient (Wildman–Crippen LogP) is 3.32. The largest absolute Gasteiger partial charge is 0.497 e. The minimum atomic E-state index is -0.0862. The van der Waals surface area contributed by atoms with E-state index in [1.54, 1.807) is 44.2 Å². The van der Waals surface area contributed by atoms with Crippen molar-refractivity contribution in [3.63, 3.8) is 0 Å². The maximum Gasteiger partial charge on any atom is 0.255 e. The summed E-state index contributed by atoms with van der Waals surface area (Å²) in [7, 11) is 3.24. The lowest BCUT2D eigenvalue weighted by atomic mass is 10.1. The first-order chi connectivity index (χ1) is 12.7. The summed E-state index contributed by atoms with van der Waals surface area (Å²) in [5.74, 6) is 3.55. The van der Waals surface area contributed by atoms with Gasteiger partial charge < -0.3 is 23.8 Å². The van der Waals surface area contributed by atoms with Gasteiger partial charge in [-0.2, -0.15) is 0 Å². The van der Waals surface area contributed by atoms with Crippen molar-refractivity contribution in [2.24, 2.45) is 0 Å². The Morgan fingerprint density at radius 2 is 1.81 bits per heavy atom. The Morgan fingerprint density at radius 1 is 1.08 bits per heavy atom. The molecule has 136 valence electrons. The molecule has 4 rings (SSSR count). The van der Waals surface area contributed by atoms with Crippen molar-refractivity contribution in [3.8, 4) is 23.0 Å². The van der Waals surface area contributed by atoms with Crippen molar-refractivity contribution in [3.05, 3.63) is 47.5 Å². The van der Waals surface area contributed by atoms with Crippen LogP contribution in [0.15, 0.2) is 36.4 Å². The average molecular weight is 373 g/mol. The maximum absolute atomic E-state index is 13.1. The fourth-order valence-electron chi connectivity index (χ4n) is 3.12. The molecular weight excluding hydrogens is 354 g/mol. The van der Waals surface area contributed by atoms with E-state index in [1.807, 2.05) is 23.1 Å². The number of carbonyl (C=O) groups is 1. The van der Waals surface area contributed by atoms with E-state index >= 15 is 0 Å². The lowest BCUT2D eigenvalue weighted by Gasteiger charge is -2.25. The van der Waals surface area contributed by atoms with Crippen molar-refractivity contribution >= 4 is 17.7 Å². The quantitative estimate of drug-likeness (QED) is 0.820. The highest BCUT2D eigenvalue weighted by Gasteiger charge is 2.32. The molecule has 2 aromatic rings. The number of hydrogen-bond donors (Lipinski definition) is 0. The first kappa shape index (κ1) is 16.9. The zero-order valence-corrected chi connectivity index (χ0v) is 15.4. The van der Waals surface area contributed by atoms with Crippen LogP contribution in [-0.2, 0) is 0 Å². The van der Waals surface area contributed by atoms with Gasteiger partial charge in [-0.3, -0.25) is 4.79 Å². The molecule has 0 aromatic heterocycles. The fourth-order valence-corrected chi connectivity index (χ4v) is 4.36. The van der Waals surface area contributed by atoms with Gasteiger partial charge in [-0.1, -0.05) is 0 Å². The molecule has 2 aliphatic heterocycles. The molecule has 0 radical (unpaired) electrons. The van der Waals surface area contributed by atoms with Crippen molar-refractivity contribution in [2.75, 3.05) is 33.3 Å². The Hall–Kier alpha value is -2.54. The van der Waals surface area contributed by atoms with E-state index in [-0.39, 0.29) is 18.1 Å². The Balaban J connectivity index is 1.63. The van der Waals surface area contributed by atoms with E-state index in [2.05, 4.69) is 0 Å². The summed E-state index contributed by atoms with van der Waals surface area (Å²) in [6, 6.07) is 11.0. The van der Waals surface area contributed by atoms with Crippen molar-refractivity contribution in [2.45, 2.75) is 5.37 Å². The summed E-state index contributed by atoms with van der Waals surface area (Å²) in [6.07, 6.45) is 0. The van der Waals surface area contributed by atoms with Crippen molar-refractivity contribution in [1.29, 1.82) is 0 Å². The molecule has 2 heterocycles. The van der Waals surface area contributed by atoms with Crippen LogP contribution in [0.5, 0.6) is 23.0 Å². The Morgan fingerprint density at radius 3 is 2.54 bits per heavy atom. The second-order valence-corrected chi connectivity index (χ2v) is 7.12. The molecule has 0 N–H and O–H groups in total. The van der Waals surface area contributed by atoms with E-state index in [0.29, 0.717) is 35.1 Å². The Bertz CT molecular complexity index is 818. The van der Waals surface area contributed by atoms with E-state index in [9.17, 15) is 4.79 Å². The van der Waals surface area contributed by atoms with Crippen LogP contribution in [0.1, 0.15) is 21.3 Å². The van der Waals surface area contributed by atoms with Crippen LogP contribution in [0.4, 0.5) is 0 Å². The number of hydrogen-bond acceptors (Lipinski definition) is 6. The molecule has 1 unspecified atom stereocenters. The number of fused-ring (bicyclic) bond motifs is 1. The van der Waals surface area contributed by atoms with Gasteiger partial charge in [-0.25, -0.2) is 0 Å². The van der Waals surface area contributed by atoms with Gasteiger partial charge in [0.05, 0.1) is 14.2 Å². The van der Waals surface area contributed by atoms with E-state index in [0.717, 1.165) is 11.3 Å². The number of carbonyl (C=O) groups excluding carboxylic acids is 1. The average Bonchev–Trinajstić information content (AvgIpc) is 3.35. The zero-order chi connectivity index (χ0) is 18.1. The summed E-state index contributed by atoms with van der Waals surface area (Å²) in [4.78, 5) is 15.0. The molecule has 6 nitrogen and oxygen atoms in total. The Labute approximate surface area is 156 Å². The molecule has 7 heteroatoms. The molecule has 0 spiro atoms. The third kappa shape index (κ3) is 3.03. The smallest absolute Gasteiger partial charge is 0.255 e. The molecule has 0 bridgehead atoms. The highest BCUT2D eigenvalue weighted by Crippen LogP contribution is 2.42. The molecule has 2 aromatic carbocycles. The van der Waals surface area contributed by atoms with E-state index in [4.69, 9.17) is 18.9 Å². The zero-order valence-electron chi connectivity index (χ0n) is 14.6. The molecular formula is C19H19NO5S. The number of methoxy groups -OCH3 is 2. The van der Waals surface area contributed by atoms with Gasteiger partial charge >= 0.3 is 0 Å². The van der Waals surface area contributed by atoms with Gasteiger partial charge in [0, 0.05) is 23.9 Å². The normalized spacial score (nSPS) is 18.1. The van der Waals surface area contributed by atoms with E-state index < -0.39 is 0 Å². The SMILES string of the molecule is COc1cc(OC)cc(C2SCCN2C(=O)c2ccc3c(c2)OCO3)c1. The summed E-state index contributed by atoms with van der Waals surface area (Å²) >= 11 is 1.73. The summed E-state index contributed by atoms with van der Waals surface area (Å²) in [6.45, 7) is 0.876. The monoisotopic (exact) mass is 373 g/mol. The van der Waals surface area contributed by atoms with Crippen molar-refractivity contribution in [1.82, 2.24) is 4.90 Å². The minimum Gasteiger partial charge on any atom is -0.497 e. The maximum atomic E-state index is 13.1. The van der Waals surface area contributed by atoms with E-state index in [1.165, 1.54) is 0 Å². The molecule has 0 saturated carbocycles. The molecule has 1 amide bonds. The van der Waals surface area contributed by atoms with Gasteiger partial charge in [0.2, 0.25) is 6.79 Å². The highest BCUT2D eigenvalue weighted by molar-refractivity contribution is 7.99. The molecule has 1 fully saturated rings. The number of thioether (sulfide) groups is 1. The fraction of sp³-hybridized carbons (Fsp3) is 0.316. The standard InChI is InChI=1S/C19H19NO5S/c1-22-14-7-13(8-15(10-14)23-2)19-20(5-6-26-19)18(21)12-3-4-16-17(9-12)25-11-24-16/h3-4,7-10,19H,5-6,11H2,1-2H3. The topological polar surface area (TPSA) is 57.2 Å². The van der Waals surface area contributed by atoms with Crippen LogP contribution in [-0.4, -0.2) is 44.1 Å². The minimum absolute atomic E-state index is 0.0277. The van der Waals surface area contributed by atoms with Crippen molar-refractivity contribution < 1.29 is 23.7 Å². The van der Waals surface area contributed by atoms with Crippen LogP contribution >= 0.6 is 11.8 Å². The van der Waals surface area contributed by atoms with Gasteiger partial charge in [-0.15, -0.1) is 11.8 Å². The van der Waals surface area contributed by atoms with Crippen LogP contribution in [0.3, 0.4) is 0 Å². The summed E-state index contributed by atoms with van der Waals surface area (Å²) in [5.41, 5.74) is 1.58. The number of rotatable bonds is 4. The first-order valence-corrected chi connectivity index (χ1v) is 9.29. The van der Waals surface area contributed by atoms with Crippen LogP contribution in [0.25, 0.3) is 0 Å². The third-order valence-electron chi connectivity index (χ3n) is 4.43. The second-order valence-electron chi connectivity index (χ2n) is 5.94. The lowest BCUT2D eigenvalue weighted by Crippen LogP contribution is -2.30. The lowest BCUT2D eigenvalue weighted by molar-refractivity contribution is 0.0759. The highest BCUT2D eigenvalue weighted by atomic mass is 32.2. The predicted molar refractivity (Wildman–Crippen MR) is 98.3 cm³/mol. The Kier molecular flexibility index (Phi) is 4.55. The third-order valence-corrected chi connectivity index (χ3v) is 5.69. The van der Waals surface area contributed by atoms with Gasteiger partial charge in [0.15, 0.2) is 11.5 Å². The van der Waals surface area contributed by atoms with Crippen LogP contribution in [0, 0.1) is 0 Å². The number of nitrogens with zero attached hydrogens (tertiary/aromatic N) is 1. The molecule has 0 aliphatic carbocycles. The molecule has 1 atom stereocenters. The molecule has 1 saturated heterocycles. The second kappa shape index (κ2) is 6.99. The van der Waals surface area contributed by atoms with Crippen LogP contribution in [0.2, 0.25) is 0 Å². The van der Waals surface area contributed by atoms with Gasteiger partial charge in [0.1, 0.15) is 16.9 Å². The van der Waals surface area contributed by atoms with Gasteiger partial charge in [0.25, 0.3) is 5.91 Å². The summed E-state index contributed by atoms with van der Waals surface area (Å²) < 4.78 is 21.4. The van der Waals surface area contributed by atoms with Gasteiger partial charge in [-0.05, 0) is 35.9 Å². The first-order valence-electron chi connectivity index (χ1n) is 8.25. The molecule has 2 aliphatic rings. The molecule has 26 heavy (non-hydrogen) atoms.